The van der Waals surface area contributed by atoms with E-state index in [0.29, 0.717) is 0 Å². The van der Waals surface area contributed by atoms with Crippen molar-refractivity contribution in [1.82, 2.24) is 14.9 Å². The second-order valence-corrected chi connectivity index (χ2v) is 3.12. The molecule has 0 spiro atoms. The summed E-state index contributed by atoms with van der Waals surface area (Å²) in [5.74, 6) is 1.02. The van der Waals surface area contributed by atoms with E-state index in [-0.39, 0.29) is 12.6 Å². The number of aryl methyl sites for hydroxylation is 2. The molecule has 4 nitrogen and oxygen atoms in total. The number of likely N-dealkylation sites (N-methyl/N-ethyl adjacent to an activating group) is 1. The van der Waals surface area contributed by atoms with Crippen molar-refractivity contribution in [2.75, 3.05) is 13.7 Å². The zero-order valence-corrected chi connectivity index (χ0v) is 8.20. The van der Waals surface area contributed by atoms with E-state index in [1.165, 1.54) is 0 Å². The third-order valence-electron chi connectivity index (χ3n) is 2.27. The average Bonchev–Trinajstić information content (AvgIpc) is 2.54. The van der Waals surface area contributed by atoms with E-state index in [2.05, 4.69) is 14.9 Å². The summed E-state index contributed by atoms with van der Waals surface area (Å²) in [7, 11) is 1.86. The van der Waals surface area contributed by atoms with Crippen LogP contribution in [-0.2, 0) is 6.54 Å². The molecule has 1 unspecified atom stereocenters. The van der Waals surface area contributed by atoms with Crippen molar-refractivity contribution in [3.8, 4) is 0 Å². The number of hydrogen-bond acceptors (Lipinski definition) is 3. The molecule has 4 heteroatoms. The third-order valence-corrected chi connectivity index (χ3v) is 2.27. The van der Waals surface area contributed by atoms with E-state index in [0.717, 1.165) is 18.8 Å². The summed E-state index contributed by atoms with van der Waals surface area (Å²) in [6, 6.07) is 0.182. The van der Waals surface area contributed by atoms with E-state index in [1.54, 1.807) is 6.20 Å². The molecule has 0 aliphatic carbocycles. The van der Waals surface area contributed by atoms with Crippen LogP contribution in [0.1, 0.15) is 12.2 Å². The highest BCUT2D eigenvalue weighted by atomic mass is 16.3. The van der Waals surface area contributed by atoms with Gasteiger partial charge in [-0.05, 0) is 20.4 Å². The molecular formula is C9H17N3O. The molecule has 0 fully saturated rings. The smallest absolute Gasteiger partial charge is 0.105 e. The van der Waals surface area contributed by atoms with Gasteiger partial charge in [0.25, 0.3) is 0 Å². The van der Waals surface area contributed by atoms with Gasteiger partial charge in [-0.25, -0.2) is 4.98 Å². The van der Waals surface area contributed by atoms with Gasteiger partial charge in [-0.2, -0.15) is 0 Å². The first-order valence-corrected chi connectivity index (χ1v) is 4.53. The molecule has 1 aromatic heterocycles. The average molecular weight is 183 g/mol. The molecule has 0 amide bonds. The first-order valence-electron chi connectivity index (χ1n) is 4.53. The highest BCUT2D eigenvalue weighted by Gasteiger charge is 2.04. The Morgan fingerprint density at radius 3 is 2.92 bits per heavy atom. The fraction of sp³-hybridized carbons (Fsp3) is 0.667. The second kappa shape index (κ2) is 4.99. The quantitative estimate of drug-likeness (QED) is 0.684. The Labute approximate surface area is 78.6 Å². The number of aliphatic hydroxyl groups excluding tert-OH is 1. The van der Waals surface area contributed by atoms with Crippen molar-refractivity contribution in [3.63, 3.8) is 0 Å². The number of nitrogens with zero attached hydrogens (tertiary/aromatic N) is 2. The van der Waals surface area contributed by atoms with Gasteiger partial charge in [0.15, 0.2) is 0 Å². The topological polar surface area (TPSA) is 50.1 Å². The van der Waals surface area contributed by atoms with Gasteiger partial charge in [-0.3, -0.25) is 0 Å². The Hall–Kier alpha value is -0.870. The van der Waals surface area contributed by atoms with Crippen molar-refractivity contribution in [1.29, 1.82) is 0 Å². The van der Waals surface area contributed by atoms with Crippen LogP contribution in [0.2, 0.25) is 0 Å². The summed E-state index contributed by atoms with van der Waals surface area (Å²) in [6.45, 7) is 3.06. The summed E-state index contributed by atoms with van der Waals surface area (Å²) >= 11 is 0. The molecule has 0 saturated carbocycles. The Kier molecular flexibility index (Phi) is 3.92. The molecule has 2 N–H and O–H groups in total. The van der Waals surface area contributed by atoms with Crippen molar-refractivity contribution >= 4 is 0 Å². The lowest BCUT2D eigenvalue weighted by molar-refractivity contribution is 0.237. The molecular weight excluding hydrogens is 166 g/mol. The van der Waals surface area contributed by atoms with Gasteiger partial charge in [0.05, 0.1) is 6.61 Å². The summed E-state index contributed by atoms with van der Waals surface area (Å²) in [6.07, 6.45) is 4.67. The zero-order valence-electron chi connectivity index (χ0n) is 8.20. The lowest BCUT2D eigenvalue weighted by Gasteiger charge is -2.13. The Balaban J connectivity index is 2.38. The lowest BCUT2D eigenvalue weighted by atomic mass is 10.2. The van der Waals surface area contributed by atoms with Crippen LogP contribution in [0.4, 0.5) is 0 Å². The molecule has 0 saturated heterocycles. The minimum absolute atomic E-state index is 0.182. The molecule has 1 atom stereocenters. The van der Waals surface area contributed by atoms with Crippen molar-refractivity contribution in [2.24, 2.45) is 0 Å². The Morgan fingerprint density at radius 1 is 1.69 bits per heavy atom. The SMILES string of the molecule is CNC(CO)CCn1ccnc1C. The van der Waals surface area contributed by atoms with Crippen LogP contribution in [0.15, 0.2) is 12.4 Å². The predicted octanol–water partition coefficient (Wildman–Crippen LogP) is 0.162. The van der Waals surface area contributed by atoms with E-state index < -0.39 is 0 Å². The summed E-state index contributed by atoms with van der Waals surface area (Å²) < 4.78 is 2.08. The van der Waals surface area contributed by atoms with Crippen LogP contribution >= 0.6 is 0 Å². The summed E-state index contributed by atoms with van der Waals surface area (Å²) in [5, 5.41) is 12.0. The van der Waals surface area contributed by atoms with Crippen molar-refractivity contribution in [3.05, 3.63) is 18.2 Å². The summed E-state index contributed by atoms with van der Waals surface area (Å²) in [5.41, 5.74) is 0. The van der Waals surface area contributed by atoms with Gasteiger partial charge in [0.2, 0.25) is 0 Å². The second-order valence-electron chi connectivity index (χ2n) is 3.12. The van der Waals surface area contributed by atoms with Crippen LogP contribution < -0.4 is 5.32 Å². The third kappa shape index (κ3) is 2.82. The molecule has 1 rings (SSSR count). The van der Waals surface area contributed by atoms with Gasteiger partial charge < -0.3 is 15.0 Å². The molecule has 0 bridgehead atoms. The maximum absolute atomic E-state index is 8.94. The molecule has 1 aromatic rings. The summed E-state index contributed by atoms with van der Waals surface area (Å²) in [4.78, 5) is 4.13. The largest absolute Gasteiger partial charge is 0.395 e. The van der Waals surface area contributed by atoms with Crippen LogP contribution in [-0.4, -0.2) is 34.4 Å². The highest BCUT2D eigenvalue weighted by Crippen LogP contribution is 1.99. The zero-order chi connectivity index (χ0) is 9.68. The van der Waals surface area contributed by atoms with E-state index in [4.69, 9.17) is 5.11 Å². The van der Waals surface area contributed by atoms with Crippen LogP contribution in [0.3, 0.4) is 0 Å². The van der Waals surface area contributed by atoms with Gasteiger partial charge in [-0.15, -0.1) is 0 Å². The lowest BCUT2D eigenvalue weighted by Crippen LogP contribution is -2.30. The molecule has 0 radical (unpaired) electrons. The molecule has 74 valence electrons. The van der Waals surface area contributed by atoms with Crippen LogP contribution in [0, 0.1) is 6.92 Å². The first-order chi connectivity index (χ1) is 6.27. The molecule has 0 aliphatic rings. The van der Waals surface area contributed by atoms with Gasteiger partial charge in [0, 0.05) is 25.0 Å². The Bertz CT molecular complexity index is 243. The maximum Gasteiger partial charge on any atom is 0.105 e. The van der Waals surface area contributed by atoms with Gasteiger partial charge >= 0.3 is 0 Å². The Morgan fingerprint density at radius 2 is 2.46 bits per heavy atom. The first kappa shape index (κ1) is 10.2. The van der Waals surface area contributed by atoms with Crippen molar-refractivity contribution in [2.45, 2.75) is 25.9 Å². The molecule has 1 heterocycles. The molecule has 0 aromatic carbocycles. The maximum atomic E-state index is 8.94. The monoisotopic (exact) mass is 183 g/mol. The van der Waals surface area contributed by atoms with Gasteiger partial charge in [0.1, 0.15) is 5.82 Å². The van der Waals surface area contributed by atoms with E-state index >= 15 is 0 Å². The fourth-order valence-corrected chi connectivity index (χ4v) is 1.26. The van der Waals surface area contributed by atoms with Crippen LogP contribution in [0.25, 0.3) is 0 Å². The minimum Gasteiger partial charge on any atom is -0.395 e. The van der Waals surface area contributed by atoms with E-state index in [9.17, 15) is 0 Å². The van der Waals surface area contributed by atoms with E-state index in [1.807, 2.05) is 20.2 Å². The number of aliphatic hydroxyl groups is 1. The standard InChI is InChI=1S/C9H17N3O/c1-8-11-4-6-12(8)5-3-9(7-13)10-2/h4,6,9-10,13H,3,5,7H2,1-2H3. The predicted molar refractivity (Wildman–Crippen MR) is 51.5 cm³/mol. The highest BCUT2D eigenvalue weighted by molar-refractivity contribution is 4.88. The minimum atomic E-state index is 0.182. The normalized spacial score (nSPS) is 13.2. The fourth-order valence-electron chi connectivity index (χ4n) is 1.26. The number of nitrogens with one attached hydrogen (secondary N) is 1. The van der Waals surface area contributed by atoms with Gasteiger partial charge in [-0.1, -0.05) is 0 Å². The number of imidazole rings is 1. The van der Waals surface area contributed by atoms with Crippen LogP contribution in [0.5, 0.6) is 0 Å². The van der Waals surface area contributed by atoms with Crippen molar-refractivity contribution < 1.29 is 5.11 Å². The molecule has 13 heavy (non-hydrogen) atoms. The number of aromatic nitrogens is 2. The number of hydrogen-bond donors (Lipinski definition) is 2. The number of rotatable bonds is 5. The molecule has 0 aliphatic heterocycles.